The van der Waals surface area contributed by atoms with Crippen molar-refractivity contribution in [3.63, 3.8) is 0 Å². The van der Waals surface area contributed by atoms with Crippen molar-refractivity contribution in [3.8, 4) is 5.88 Å². The summed E-state index contributed by atoms with van der Waals surface area (Å²) in [7, 11) is 0. The molecule has 0 spiro atoms. The molecule has 1 rings (SSSR count). The van der Waals surface area contributed by atoms with Crippen LogP contribution in [-0.4, -0.2) is 23.3 Å². The number of nitrogens with zero attached hydrogens (tertiary/aromatic N) is 1. The van der Waals surface area contributed by atoms with Gasteiger partial charge in [0.05, 0.1) is 5.69 Å². The number of anilines is 1. The molecule has 1 N–H and O–H groups in total. The van der Waals surface area contributed by atoms with E-state index in [1.807, 2.05) is 20.8 Å². The maximum Gasteiger partial charge on any atom is 0.422 e. The molecule has 0 aliphatic rings. The van der Waals surface area contributed by atoms with Gasteiger partial charge >= 0.3 is 6.18 Å². The molecule has 96 valence electrons. The lowest BCUT2D eigenvalue weighted by atomic mass is 10.1. The van der Waals surface area contributed by atoms with Crippen molar-refractivity contribution < 1.29 is 17.9 Å². The highest BCUT2D eigenvalue weighted by molar-refractivity contribution is 5.53. The van der Waals surface area contributed by atoms with Crippen LogP contribution >= 0.6 is 0 Å². The van der Waals surface area contributed by atoms with Gasteiger partial charge in [0.25, 0.3) is 0 Å². The summed E-state index contributed by atoms with van der Waals surface area (Å²) >= 11 is 0. The van der Waals surface area contributed by atoms with Gasteiger partial charge in [0.15, 0.2) is 6.61 Å². The van der Waals surface area contributed by atoms with Crippen molar-refractivity contribution in [3.05, 3.63) is 18.3 Å². The molecule has 1 aromatic rings. The van der Waals surface area contributed by atoms with Gasteiger partial charge in [-0.1, -0.05) is 0 Å². The zero-order valence-electron chi connectivity index (χ0n) is 9.93. The minimum Gasteiger partial charge on any atom is -0.467 e. The Morgan fingerprint density at radius 3 is 2.47 bits per heavy atom. The molecule has 0 fully saturated rings. The fourth-order valence-corrected chi connectivity index (χ4v) is 1.16. The zero-order chi connectivity index (χ0) is 13.1. The van der Waals surface area contributed by atoms with Gasteiger partial charge in [-0.15, -0.1) is 0 Å². The second kappa shape index (κ2) is 4.81. The van der Waals surface area contributed by atoms with Crippen LogP contribution in [0.4, 0.5) is 18.9 Å². The van der Waals surface area contributed by atoms with Crippen molar-refractivity contribution in [2.45, 2.75) is 32.5 Å². The van der Waals surface area contributed by atoms with E-state index >= 15 is 0 Å². The number of aromatic nitrogens is 1. The van der Waals surface area contributed by atoms with E-state index in [-0.39, 0.29) is 11.4 Å². The molecule has 3 nitrogen and oxygen atoms in total. The maximum absolute atomic E-state index is 12.0. The number of hydrogen-bond donors (Lipinski definition) is 1. The average molecular weight is 248 g/mol. The van der Waals surface area contributed by atoms with Gasteiger partial charge in [0.2, 0.25) is 5.88 Å². The Kier molecular flexibility index (Phi) is 3.85. The van der Waals surface area contributed by atoms with Crippen LogP contribution in [-0.2, 0) is 0 Å². The molecule has 0 saturated carbocycles. The number of halogens is 3. The molecular weight excluding hydrogens is 233 g/mol. The molecule has 1 heterocycles. The number of ether oxygens (including phenoxy) is 1. The first-order valence-corrected chi connectivity index (χ1v) is 5.10. The Hall–Kier alpha value is -1.46. The third-order valence-corrected chi connectivity index (χ3v) is 1.65. The van der Waals surface area contributed by atoms with Crippen LogP contribution in [0, 0.1) is 0 Å². The SMILES string of the molecule is CC(C)(C)Nc1cccnc1OCC(F)(F)F. The van der Waals surface area contributed by atoms with E-state index < -0.39 is 12.8 Å². The minimum absolute atomic E-state index is 0.0419. The predicted octanol–water partition coefficient (Wildman–Crippen LogP) is 3.23. The van der Waals surface area contributed by atoms with E-state index in [2.05, 4.69) is 15.0 Å². The summed E-state index contributed by atoms with van der Waals surface area (Å²) in [5, 5.41) is 3.03. The molecule has 17 heavy (non-hydrogen) atoms. The molecule has 0 unspecified atom stereocenters. The Bertz CT molecular complexity index is 372. The molecule has 0 bridgehead atoms. The van der Waals surface area contributed by atoms with Crippen LogP contribution in [0.2, 0.25) is 0 Å². The van der Waals surface area contributed by atoms with E-state index in [1.165, 1.54) is 6.20 Å². The van der Waals surface area contributed by atoms with Crippen LogP contribution in [0.1, 0.15) is 20.8 Å². The number of hydrogen-bond acceptors (Lipinski definition) is 3. The highest BCUT2D eigenvalue weighted by Crippen LogP contribution is 2.26. The molecule has 0 aliphatic heterocycles. The van der Waals surface area contributed by atoms with Gasteiger partial charge in [-0.3, -0.25) is 0 Å². The average Bonchev–Trinajstić information content (AvgIpc) is 2.12. The number of alkyl halides is 3. The fraction of sp³-hybridized carbons (Fsp3) is 0.545. The normalized spacial score (nSPS) is 12.4. The Labute approximate surface area is 98.0 Å². The molecule has 0 atom stereocenters. The smallest absolute Gasteiger partial charge is 0.422 e. The Balaban J connectivity index is 2.78. The summed E-state index contributed by atoms with van der Waals surface area (Å²) in [6.07, 6.45) is -2.98. The standard InChI is InChI=1S/C11H15F3N2O/c1-10(2,3)16-8-5-4-6-15-9(8)17-7-11(12,13)14/h4-6,16H,7H2,1-3H3. The fourth-order valence-electron chi connectivity index (χ4n) is 1.16. The summed E-state index contributed by atoms with van der Waals surface area (Å²) in [5.74, 6) is -0.0419. The predicted molar refractivity (Wildman–Crippen MR) is 59.2 cm³/mol. The van der Waals surface area contributed by atoms with Crippen LogP contribution in [0.25, 0.3) is 0 Å². The van der Waals surface area contributed by atoms with Gasteiger partial charge in [0.1, 0.15) is 0 Å². The summed E-state index contributed by atoms with van der Waals surface area (Å²) in [6, 6.07) is 3.26. The van der Waals surface area contributed by atoms with Crippen LogP contribution < -0.4 is 10.1 Å². The lowest BCUT2D eigenvalue weighted by Gasteiger charge is -2.23. The quantitative estimate of drug-likeness (QED) is 0.891. The first-order valence-electron chi connectivity index (χ1n) is 5.10. The monoisotopic (exact) mass is 248 g/mol. The molecule has 0 radical (unpaired) electrons. The summed E-state index contributed by atoms with van der Waals surface area (Å²) in [5.41, 5.74) is 0.170. The largest absolute Gasteiger partial charge is 0.467 e. The van der Waals surface area contributed by atoms with E-state index in [0.717, 1.165) is 0 Å². The maximum atomic E-state index is 12.0. The molecule has 6 heteroatoms. The lowest BCUT2D eigenvalue weighted by molar-refractivity contribution is -0.153. The number of rotatable bonds is 3. The topological polar surface area (TPSA) is 34.2 Å². The second-order valence-corrected chi connectivity index (χ2v) is 4.63. The van der Waals surface area contributed by atoms with Gasteiger partial charge in [0, 0.05) is 11.7 Å². The van der Waals surface area contributed by atoms with Crippen molar-refractivity contribution in [2.24, 2.45) is 0 Å². The molecule has 1 aromatic heterocycles. The summed E-state index contributed by atoms with van der Waals surface area (Å²) in [4.78, 5) is 3.78. The third kappa shape index (κ3) is 5.42. The van der Waals surface area contributed by atoms with Crippen LogP contribution in [0.5, 0.6) is 5.88 Å². The molecule has 0 aromatic carbocycles. The van der Waals surface area contributed by atoms with E-state index in [9.17, 15) is 13.2 Å². The summed E-state index contributed by atoms with van der Waals surface area (Å²) < 4.78 is 40.8. The van der Waals surface area contributed by atoms with Crippen molar-refractivity contribution in [2.75, 3.05) is 11.9 Å². The van der Waals surface area contributed by atoms with Gasteiger partial charge < -0.3 is 10.1 Å². The Morgan fingerprint density at radius 1 is 1.29 bits per heavy atom. The van der Waals surface area contributed by atoms with Gasteiger partial charge in [-0.2, -0.15) is 13.2 Å². The number of nitrogens with one attached hydrogen (secondary N) is 1. The molecule has 0 aliphatic carbocycles. The Morgan fingerprint density at radius 2 is 1.94 bits per heavy atom. The first kappa shape index (κ1) is 13.6. The van der Waals surface area contributed by atoms with E-state index in [4.69, 9.17) is 0 Å². The number of pyridine rings is 1. The first-order chi connectivity index (χ1) is 7.67. The second-order valence-electron chi connectivity index (χ2n) is 4.63. The highest BCUT2D eigenvalue weighted by Gasteiger charge is 2.29. The molecule has 0 amide bonds. The molecular formula is C11H15F3N2O. The lowest BCUT2D eigenvalue weighted by Crippen LogP contribution is -2.27. The zero-order valence-corrected chi connectivity index (χ0v) is 9.93. The third-order valence-electron chi connectivity index (χ3n) is 1.65. The van der Waals surface area contributed by atoms with Crippen molar-refractivity contribution in [1.82, 2.24) is 4.98 Å². The summed E-state index contributed by atoms with van der Waals surface area (Å²) in [6.45, 7) is 4.34. The van der Waals surface area contributed by atoms with Gasteiger partial charge in [-0.25, -0.2) is 4.98 Å². The van der Waals surface area contributed by atoms with Crippen LogP contribution in [0.15, 0.2) is 18.3 Å². The highest BCUT2D eigenvalue weighted by atomic mass is 19.4. The van der Waals surface area contributed by atoms with Crippen molar-refractivity contribution in [1.29, 1.82) is 0 Å². The van der Waals surface area contributed by atoms with Gasteiger partial charge in [-0.05, 0) is 32.9 Å². The van der Waals surface area contributed by atoms with E-state index in [0.29, 0.717) is 5.69 Å². The van der Waals surface area contributed by atoms with E-state index in [1.54, 1.807) is 12.1 Å². The van der Waals surface area contributed by atoms with Crippen molar-refractivity contribution >= 4 is 5.69 Å². The van der Waals surface area contributed by atoms with Crippen LogP contribution in [0.3, 0.4) is 0 Å². The minimum atomic E-state index is -4.36. The molecule has 0 saturated heterocycles.